The van der Waals surface area contributed by atoms with Gasteiger partial charge in [-0.1, -0.05) is 0 Å². The summed E-state index contributed by atoms with van der Waals surface area (Å²) in [4.78, 5) is 14.0. The van der Waals surface area contributed by atoms with E-state index in [-0.39, 0.29) is 24.1 Å². The predicted molar refractivity (Wildman–Crippen MR) is 79.7 cm³/mol. The Morgan fingerprint density at radius 1 is 1.56 bits per heavy atom. The fourth-order valence-corrected chi connectivity index (χ4v) is 2.44. The number of halogens is 3. The molecule has 1 fully saturated rings. The van der Waals surface area contributed by atoms with E-state index in [1.807, 2.05) is 34.4 Å². The zero-order chi connectivity index (χ0) is 12.4. The summed E-state index contributed by atoms with van der Waals surface area (Å²) >= 11 is 1.90. The maximum Gasteiger partial charge on any atom is 0.253 e. The first-order valence-corrected chi connectivity index (χ1v) is 6.63. The third kappa shape index (κ3) is 3.55. The van der Waals surface area contributed by atoms with Crippen LogP contribution in [0.25, 0.3) is 0 Å². The molecule has 100 valence electrons. The van der Waals surface area contributed by atoms with E-state index in [4.69, 9.17) is 0 Å². The number of piperazine rings is 1. The Morgan fingerprint density at radius 3 is 2.89 bits per heavy atom. The second-order valence-corrected chi connectivity index (χ2v) is 5.40. The lowest BCUT2D eigenvalue weighted by Gasteiger charge is -2.32. The van der Waals surface area contributed by atoms with Gasteiger partial charge in [0.2, 0.25) is 0 Å². The molecule has 1 heterocycles. The van der Waals surface area contributed by atoms with Gasteiger partial charge in [0.15, 0.2) is 0 Å². The largest absolute Gasteiger partial charge is 0.336 e. The van der Waals surface area contributed by atoms with Crippen molar-refractivity contribution in [1.82, 2.24) is 10.2 Å². The minimum Gasteiger partial charge on any atom is -0.336 e. The van der Waals surface area contributed by atoms with Crippen LogP contribution in [0, 0.1) is 9.39 Å². The van der Waals surface area contributed by atoms with Crippen LogP contribution >= 0.6 is 35.0 Å². The van der Waals surface area contributed by atoms with Gasteiger partial charge in [-0.2, -0.15) is 0 Å². The van der Waals surface area contributed by atoms with Gasteiger partial charge >= 0.3 is 0 Å². The van der Waals surface area contributed by atoms with Gasteiger partial charge in [0.25, 0.3) is 5.91 Å². The standard InChI is InChI=1S/C12H14FIN2O.ClH/c1-8-7-16(5-4-15-8)12(17)9-2-3-10(13)11(14)6-9;/h2-3,6,8,15H,4-5,7H2,1H3;1H/t8-;/m1./s1. The molecule has 0 aromatic heterocycles. The van der Waals surface area contributed by atoms with Crippen LogP contribution < -0.4 is 5.32 Å². The number of hydrogen-bond acceptors (Lipinski definition) is 2. The SMILES string of the molecule is C[C@@H]1CN(C(=O)c2ccc(F)c(I)c2)CCN1.Cl. The maximum absolute atomic E-state index is 13.1. The molecule has 0 bridgehead atoms. The highest BCUT2D eigenvalue weighted by atomic mass is 127. The van der Waals surface area contributed by atoms with Crippen LogP contribution in [0.3, 0.4) is 0 Å². The molecule has 6 heteroatoms. The van der Waals surface area contributed by atoms with Crippen molar-refractivity contribution in [1.29, 1.82) is 0 Å². The molecule has 1 saturated heterocycles. The normalized spacial score (nSPS) is 19.3. The molecule has 1 aromatic rings. The second-order valence-electron chi connectivity index (χ2n) is 4.24. The summed E-state index contributed by atoms with van der Waals surface area (Å²) in [5.74, 6) is -0.299. The fraction of sp³-hybridized carbons (Fsp3) is 0.417. The van der Waals surface area contributed by atoms with Gasteiger partial charge in [-0.05, 0) is 47.7 Å². The lowest BCUT2D eigenvalue weighted by Crippen LogP contribution is -2.51. The summed E-state index contributed by atoms with van der Waals surface area (Å²) in [7, 11) is 0. The molecule has 0 radical (unpaired) electrons. The molecule has 3 nitrogen and oxygen atoms in total. The molecular weight excluding hydrogens is 370 g/mol. The molecule has 1 amide bonds. The van der Waals surface area contributed by atoms with Crippen molar-refractivity contribution in [3.05, 3.63) is 33.1 Å². The van der Waals surface area contributed by atoms with E-state index < -0.39 is 0 Å². The monoisotopic (exact) mass is 384 g/mol. The first-order valence-electron chi connectivity index (χ1n) is 5.55. The van der Waals surface area contributed by atoms with E-state index >= 15 is 0 Å². The molecule has 18 heavy (non-hydrogen) atoms. The van der Waals surface area contributed by atoms with E-state index in [1.165, 1.54) is 6.07 Å². The highest BCUT2D eigenvalue weighted by Crippen LogP contribution is 2.15. The lowest BCUT2D eigenvalue weighted by molar-refractivity contribution is 0.0709. The van der Waals surface area contributed by atoms with E-state index in [2.05, 4.69) is 5.32 Å². The van der Waals surface area contributed by atoms with Crippen molar-refractivity contribution in [3.63, 3.8) is 0 Å². The van der Waals surface area contributed by atoms with E-state index in [0.717, 1.165) is 6.54 Å². The van der Waals surface area contributed by atoms with Crippen molar-refractivity contribution >= 4 is 40.9 Å². The van der Waals surface area contributed by atoms with Crippen LogP contribution in [0.5, 0.6) is 0 Å². The molecule has 1 aliphatic heterocycles. The summed E-state index contributed by atoms with van der Waals surface area (Å²) in [6.45, 7) is 4.27. The minimum absolute atomic E-state index is 0. The zero-order valence-electron chi connectivity index (χ0n) is 9.95. The molecule has 0 saturated carbocycles. The Kier molecular flexibility index (Phi) is 5.81. The van der Waals surface area contributed by atoms with Gasteiger partial charge in [0.1, 0.15) is 5.82 Å². The Hall–Kier alpha value is -0.400. The Balaban J connectivity index is 0.00000162. The van der Waals surface area contributed by atoms with Crippen LogP contribution in [0.4, 0.5) is 4.39 Å². The maximum atomic E-state index is 13.1. The average Bonchev–Trinajstić information content (AvgIpc) is 2.32. The molecule has 1 aromatic carbocycles. The van der Waals surface area contributed by atoms with Gasteiger partial charge in [0.05, 0.1) is 0 Å². The number of nitrogens with one attached hydrogen (secondary N) is 1. The van der Waals surface area contributed by atoms with Gasteiger partial charge in [-0.15, -0.1) is 12.4 Å². The highest BCUT2D eigenvalue weighted by molar-refractivity contribution is 14.1. The van der Waals surface area contributed by atoms with Crippen LogP contribution in [0.2, 0.25) is 0 Å². The lowest BCUT2D eigenvalue weighted by atomic mass is 10.1. The Labute approximate surface area is 126 Å². The molecule has 0 spiro atoms. The molecule has 1 aliphatic rings. The minimum atomic E-state index is -0.282. The first kappa shape index (κ1) is 15.7. The third-order valence-corrected chi connectivity index (χ3v) is 3.65. The van der Waals surface area contributed by atoms with E-state index in [1.54, 1.807) is 12.1 Å². The van der Waals surface area contributed by atoms with Gasteiger partial charge in [-0.25, -0.2) is 4.39 Å². The molecule has 2 rings (SSSR count). The first-order chi connectivity index (χ1) is 8.08. The third-order valence-electron chi connectivity index (χ3n) is 2.82. The van der Waals surface area contributed by atoms with Crippen LogP contribution in [-0.2, 0) is 0 Å². The molecule has 0 unspecified atom stereocenters. The van der Waals surface area contributed by atoms with Crippen molar-refractivity contribution in [3.8, 4) is 0 Å². The van der Waals surface area contributed by atoms with Gasteiger partial charge < -0.3 is 10.2 Å². The van der Waals surface area contributed by atoms with Crippen LogP contribution in [0.1, 0.15) is 17.3 Å². The van der Waals surface area contributed by atoms with Crippen molar-refractivity contribution in [2.24, 2.45) is 0 Å². The van der Waals surface area contributed by atoms with E-state index in [9.17, 15) is 9.18 Å². The predicted octanol–water partition coefficient (Wildman–Crippen LogP) is 2.29. The Morgan fingerprint density at radius 2 is 2.28 bits per heavy atom. The highest BCUT2D eigenvalue weighted by Gasteiger charge is 2.21. The van der Waals surface area contributed by atoms with Crippen LogP contribution in [0.15, 0.2) is 18.2 Å². The molecule has 0 aliphatic carbocycles. The van der Waals surface area contributed by atoms with Crippen molar-refractivity contribution < 1.29 is 9.18 Å². The summed E-state index contributed by atoms with van der Waals surface area (Å²) in [5.41, 5.74) is 0.560. The van der Waals surface area contributed by atoms with Crippen molar-refractivity contribution in [2.75, 3.05) is 19.6 Å². The number of rotatable bonds is 1. The molecular formula is C12H15ClFIN2O. The van der Waals surface area contributed by atoms with Crippen LogP contribution in [-0.4, -0.2) is 36.5 Å². The van der Waals surface area contributed by atoms with Crippen molar-refractivity contribution in [2.45, 2.75) is 13.0 Å². The number of nitrogens with zero attached hydrogens (tertiary/aromatic N) is 1. The number of carbonyl (C=O) groups is 1. The smallest absolute Gasteiger partial charge is 0.253 e. The summed E-state index contributed by atoms with van der Waals surface area (Å²) < 4.78 is 13.6. The second kappa shape index (κ2) is 6.68. The average molecular weight is 385 g/mol. The Bertz CT molecular complexity index is 444. The van der Waals surface area contributed by atoms with Gasteiger partial charge in [-0.3, -0.25) is 4.79 Å². The summed E-state index contributed by atoms with van der Waals surface area (Å²) in [6.07, 6.45) is 0. The zero-order valence-corrected chi connectivity index (χ0v) is 12.9. The van der Waals surface area contributed by atoms with E-state index in [0.29, 0.717) is 28.3 Å². The number of benzene rings is 1. The molecule has 1 N–H and O–H groups in total. The molecule has 1 atom stereocenters. The topological polar surface area (TPSA) is 32.3 Å². The van der Waals surface area contributed by atoms with Gasteiger partial charge in [0, 0.05) is 34.8 Å². The fourth-order valence-electron chi connectivity index (χ4n) is 1.93. The summed E-state index contributed by atoms with van der Waals surface area (Å²) in [5, 5.41) is 3.28. The summed E-state index contributed by atoms with van der Waals surface area (Å²) in [6, 6.07) is 4.81. The number of hydrogen-bond donors (Lipinski definition) is 1. The number of carbonyl (C=O) groups excluding carboxylic acids is 1. The quantitative estimate of drug-likeness (QED) is 0.754. The number of amides is 1.